The molecule has 0 radical (unpaired) electrons. The molecule has 510 valence electrons. The summed E-state index contributed by atoms with van der Waals surface area (Å²) in [4.78, 5) is 19.3. The fourth-order valence-corrected chi connectivity index (χ4v) is 14.4. The lowest BCUT2D eigenvalue weighted by atomic mass is 9.82. The number of halogens is 10. The Labute approximate surface area is 557 Å². The second-order valence-corrected chi connectivity index (χ2v) is 28.3. The van der Waals surface area contributed by atoms with E-state index < -0.39 is 104 Å². The van der Waals surface area contributed by atoms with Crippen LogP contribution in [0.25, 0.3) is 22.3 Å². The largest absolute Gasteiger partial charge is 0.490 e. The maximum Gasteiger partial charge on any atom is 0.490 e. The Morgan fingerprint density at radius 1 is 0.438 bits per heavy atom. The number of sulfonamides is 3. The second-order valence-electron chi connectivity index (χ2n) is 22.4. The summed E-state index contributed by atoms with van der Waals surface area (Å²) in [6.07, 6.45) is -9.86. The molecule has 9 aromatic rings. The van der Waals surface area contributed by atoms with Crippen molar-refractivity contribution in [1.29, 1.82) is 0 Å². The standard InChI is InChI=1S/C22H21F3N2O3S.C21H19F3N2O3S.C16H15BrF3NO2S.C6H8BNO3/c1-21(2,27-31(28,29)19-10-5-4-9-18(19)22(23,24)25)17-8-6-7-15(13-17)16-11-12-20(30-3)26-14-16;1-20(2,16-7-5-6-14(12-16)15-10-11-19(27)25-13-15)26-30(28,29)18-9-4-3-8-17(18)21(22,23)24;1-15(2,11-6-5-7-12(17)10-11)21-24(22,23)14-9-4-3-8-13(14)16(18,19)20;1-11-6-3-2-5(4-8-6)7(9)10/h4-14,27H,1-3H3;3-13,26H,1-2H3,(H,25,27);3-10,21H,1-2H3;2-4,9-10H,1H3. The zero-order chi connectivity index (χ0) is 71.5. The summed E-state index contributed by atoms with van der Waals surface area (Å²) in [6, 6.07) is 42.7. The minimum atomic E-state index is -4.81. The molecule has 9 rings (SSSR count). The second kappa shape index (κ2) is 30.9. The van der Waals surface area contributed by atoms with Crippen LogP contribution in [0.4, 0.5) is 39.5 Å². The van der Waals surface area contributed by atoms with Crippen LogP contribution >= 0.6 is 15.9 Å². The van der Waals surface area contributed by atoms with E-state index in [0.717, 1.165) is 70.2 Å². The number of hydrogen-bond donors (Lipinski definition) is 6. The topological polar surface area (TPSA) is 256 Å². The molecule has 3 heterocycles. The monoisotopic (exact) mass is 1460 g/mol. The van der Waals surface area contributed by atoms with Gasteiger partial charge in [-0.3, -0.25) is 4.79 Å². The van der Waals surface area contributed by atoms with E-state index in [9.17, 15) is 69.6 Å². The van der Waals surface area contributed by atoms with Crippen molar-refractivity contribution in [2.75, 3.05) is 14.2 Å². The number of hydrogen-bond acceptors (Lipinski definition) is 13. The van der Waals surface area contributed by atoms with E-state index in [1.165, 1.54) is 56.9 Å². The number of nitrogens with zero attached hydrogens (tertiary/aromatic N) is 2. The quantitative estimate of drug-likeness (QED) is 0.0367. The molecule has 6 N–H and O–H groups in total. The van der Waals surface area contributed by atoms with Gasteiger partial charge in [0.05, 0.1) is 62.2 Å². The third kappa shape index (κ3) is 20.6. The first-order valence-corrected chi connectivity index (χ1v) is 33.4. The minimum Gasteiger partial charge on any atom is -0.481 e. The van der Waals surface area contributed by atoms with E-state index in [1.54, 1.807) is 133 Å². The van der Waals surface area contributed by atoms with E-state index in [2.05, 4.69) is 45.0 Å². The number of benzene rings is 6. The Hall–Kier alpha value is -8.27. The predicted molar refractivity (Wildman–Crippen MR) is 348 cm³/mol. The van der Waals surface area contributed by atoms with Crippen LogP contribution in [-0.4, -0.2) is 71.6 Å². The van der Waals surface area contributed by atoms with Crippen molar-refractivity contribution in [2.45, 2.75) is 91.4 Å². The first-order chi connectivity index (χ1) is 44.5. The van der Waals surface area contributed by atoms with Crippen molar-refractivity contribution in [2.24, 2.45) is 0 Å². The lowest BCUT2D eigenvalue weighted by Crippen LogP contribution is -2.41. The van der Waals surface area contributed by atoms with Crippen LogP contribution in [0.1, 0.15) is 74.9 Å². The highest BCUT2D eigenvalue weighted by Gasteiger charge is 2.42. The molecule has 6 aromatic carbocycles. The SMILES string of the molecule is CC(C)(NS(=O)(=O)c1ccccc1C(F)(F)F)c1cccc(-c2ccc(=O)[nH]c2)c1.CC(C)(NS(=O)(=O)c1ccccc1C(F)(F)F)c1cccc(Br)c1.COc1ccc(-c2cccc(C(C)(C)NS(=O)(=O)c3ccccc3C(F)(F)F)c2)cn1.COc1ccc(B(O)O)cn1. The molecule has 0 amide bonds. The van der Waals surface area contributed by atoms with Gasteiger partial charge in [0, 0.05) is 46.2 Å². The molecule has 0 aliphatic rings. The minimum absolute atomic E-state index is 0.258. The molecule has 0 saturated carbocycles. The molecule has 96 heavy (non-hydrogen) atoms. The lowest BCUT2D eigenvalue weighted by Gasteiger charge is -2.28. The fraction of sp³-hybridized carbons (Fsp3) is 0.215. The highest BCUT2D eigenvalue weighted by molar-refractivity contribution is 9.10. The van der Waals surface area contributed by atoms with Gasteiger partial charge in [0.2, 0.25) is 47.4 Å². The van der Waals surface area contributed by atoms with Crippen LogP contribution in [0.5, 0.6) is 11.8 Å². The highest BCUT2D eigenvalue weighted by atomic mass is 79.9. The Bertz CT molecular complexity index is 4550. The molecular formula is C65H63BBrF9N6O11S3. The molecule has 0 atom stereocenters. The molecule has 0 bridgehead atoms. The third-order valence-electron chi connectivity index (χ3n) is 14.0. The summed E-state index contributed by atoms with van der Waals surface area (Å²) >= 11 is 3.29. The van der Waals surface area contributed by atoms with Crippen molar-refractivity contribution in [3.8, 4) is 34.0 Å². The van der Waals surface area contributed by atoms with Crippen molar-refractivity contribution in [1.82, 2.24) is 29.1 Å². The zero-order valence-electron chi connectivity index (χ0n) is 52.1. The Kier molecular flexibility index (Phi) is 24.7. The van der Waals surface area contributed by atoms with Crippen LogP contribution in [0.2, 0.25) is 0 Å². The number of methoxy groups -OCH3 is 2. The number of alkyl halides is 9. The Morgan fingerprint density at radius 3 is 1.11 bits per heavy atom. The Morgan fingerprint density at radius 2 is 0.792 bits per heavy atom. The molecule has 0 spiro atoms. The van der Waals surface area contributed by atoms with Gasteiger partial charge in [0.25, 0.3) is 0 Å². The Balaban J connectivity index is 0.000000212. The van der Waals surface area contributed by atoms with Gasteiger partial charge in [-0.15, -0.1) is 0 Å². The van der Waals surface area contributed by atoms with E-state index in [1.807, 2.05) is 12.1 Å². The molecule has 0 saturated heterocycles. The van der Waals surface area contributed by atoms with Gasteiger partial charge in [-0.25, -0.2) is 49.4 Å². The van der Waals surface area contributed by atoms with Crippen molar-refractivity contribution in [3.05, 3.63) is 249 Å². The summed E-state index contributed by atoms with van der Waals surface area (Å²) in [5.41, 5.74) is -2.32. The normalized spacial score (nSPS) is 12.4. The molecule has 0 aliphatic carbocycles. The van der Waals surface area contributed by atoms with Gasteiger partial charge in [-0.05, 0) is 154 Å². The van der Waals surface area contributed by atoms with Crippen molar-refractivity contribution in [3.63, 3.8) is 0 Å². The summed E-state index contributed by atoms with van der Waals surface area (Å²) in [5.74, 6) is 0.908. The van der Waals surface area contributed by atoms with Gasteiger partial charge < -0.3 is 24.5 Å². The van der Waals surface area contributed by atoms with Crippen molar-refractivity contribution < 1.29 is 84.3 Å². The average Bonchev–Trinajstić information content (AvgIpc) is 0.789. The molecule has 31 heteroatoms. The number of aromatic nitrogens is 3. The van der Waals surface area contributed by atoms with Crippen LogP contribution < -0.4 is 34.7 Å². The maximum atomic E-state index is 13.3. The molecule has 3 aromatic heterocycles. The molecule has 0 fully saturated rings. The van der Waals surface area contributed by atoms with E-state index in [0.29, 0.717) is 45.0 Å². The number of pyridine rings is 3. The maximum absolute atomic E-state index is 13.3. The molecular weight excluding hydrogens is 1400 g/mol. The highest BCUT2D eigenvalue weighted by Crippen LogP contribution is 2.39. The van der Waals surface area contributed by atoms with Crippen LogP contribution in [0.15, 0.2) is 225 Å². The van der Waals surface area contributed by atoms with Gasteiger partial charge in [-0.2, -0.15) is 39.5 Å². The smallest absolute Gasteiger partial charge is 0.481 e. The number of nitrogens with one attached hydrogen (secondary N) is 4. The lowest BCUT2D eigenvalue weighted by molar-refractivity contribution is -0.140. The summed E-state index contributed by atoms with van der Waals surface area (Å²) in [5, 5.41) is 17.3. The number of aromatic amines is 1. The average molecular weight is 1460 g/mol. The molecule has 17 nitrogen and oxygen atoms in total. The van der Waals surface area contributed by atoms with E-state index in [-0.39, 0.29) is 5.56 Å². The van der Waals surface area contributed by atoms with Gasteiger partial charge in [0.1, 0.15) is 0 Å². The van der Waals surface area contributed by atoms with Crippen LogP contribution in [-0.2, 0) is 65.2 Å². The van der Waals surface area contributed by atoms with Crippen LogP contribution in [0, 0.1) is 0 Å². The number of ether oxygens (including phenoxy) is 2. The van der Waals surface area contributed by atoms with Crippen LogP contribution in [0.3, 0.4) is 0 Å². The first kappa shape index (κ1) is 76.7. The van der Waals surface area contributed by atoms with E-state index >= 15 is 0 Å². The van der Waals surface area contributed by atoms with Crippen molar-refractivity contribution >= 4 is 58.6 Å². The van der Waals surface area contributed by atoms with Gasteiger partial charge in [0.15, 0.2) is 0 Å². The van der Waals surface area contributed by atoms with Gasteiger partial charge in [-0.1, -0.05) is 107 Å². The summed E-state index contributed by atoms with van der Waals surface area (Å²) in [7, 11) is -11.8. The fourth-order valence-electron chi connectivity index (χ4n) is 9.13. The third-order valence-corrected chi connectivity index (χ3v) is 19.6. The first-order valence-electron chi connectivity index (χ1n) is 28.1. The predicted octanol–water partition coefficient (Wildman–Crippen LogP) is 12.7. The zero-order valence-corrected chi connectivity index (χ0v) is 56.1. The van der Waals surface area contributed by atoms with E-state index in [4.69, 9.17) is 19.5 Å². The van der Waals surface area contributed by atoms with Gasteiger partial charge >= 0.3 is 25.6 Å². The molecule has 0 aliphatic heterocycles. The summed E-state index contributed by atoms with van der Waals surface area (Å²) in [6.45, 7) is 9.47. The number of rotatable bonds is 17. The molecule has 0 unspecified atom stereocenters. The number of H-pyrrole nitrogens is 1. The summed E-state index contributed by atoms with van der Waals surface area (Å²) < 4.78 is 213.